The molecule has 0 saturated carbocycles. The van der Waals surface area contributed by atoms with Gasteiger partial charge in [0, 0.05) is 50.6 Å². The molecule has 2 atom stereocenters. The van der Waals surface area contributed by atoms with E-state index in [0.29, 0.717) is 12.5 Å². The van der Waals surface area contributed by atoms with E-state index in [1.54, 1.807) is 6.26 Å². The summed E-state index contributed by atoms with van der Waals surface area (Å²) in [6.45, 7) is 7.07. The molecule has 1 saturated heterocycles. The molecule has 0 radical (unpaired) electrons. The molecule has 156 valence electrons. The van der Waals surface area contributed by atoms with Gasteiger partial charge in [0.25, 0.3) is 0 Å². The van der Waals surface area contributed by atoms with E-state index in [1.165, 1.54) is 5.56 Å². The zero-order chi connectivity index (χ0) is 19.9. The largest absolute Gasteiger partial charge is 0.493 e. The lowest BCUT2D eigenvalue weighted by molar-refractivity contribution is 0.114. The molecule has 3 heterocycles. The average Bonchev–Trinajstić information content (AvgIpc) is 3.44. The molecular weight excluding hydrogens is 366 g/mol. The van der Waals surface area contributed by atoms with E-state index >= 15 is 0 Å². The minimum absolute atomic E-state index is 0.216. The quantitative estimate of drug-likeness (QED) is 0.571. The molecule has 29 heavy (non-hydrogen) atoms. The summed E-state index contributed by atoms with van der Waals surface area (Å²) < 4.78 is 16.9. The van der Waals surface area contributed by atoms with Crippen LogP contribution >= 0.6 is 0 Å². The summed E-state index contributed by atoms with van der Waals surface area (Å²) in [5.74, 6) is 3.49. The second-order valence-electron chi connectivity index (χ2n) is 7.67. The average molecular weight is 398 g/mol. The second kappa shape index (κ2) is 9.83. The molecule has 0 spiro atoms. The van der Waals surface area contributed by atoms with Gasteiger partial charge in [0.2, 0.25) is 0 Å². The van der Waals surface area contributed by atoms with Gasteiger partial charge in [0.1, 0.15) is 11.5 Å². The number of furan rings is 1. The van der Waals surface area contributed by atoms with Crippen molar-refractivity contribution in [2.45, 2.75) is 32.2 Å². The van der Waals surface area contributed by atoms with Crippen molar-refractivity contribution in [1.82, 2.24) is 10.2 Å². The first-order valence-electron chi connectivity index (χ1n) is 10.7. The lowest BCUT2D eigenvalue weighted by Crippen LogP contribution is -2.43. The lowest BCUT2D eigenvalue weighted by atomic mass is 10.0. The van der Waals surface area contributed by atoms with Crippen LogP contribution in [0.1, 0.15) is 37.1 Å². The monoisotopic (exact) mass is 397 g/mol. The summed E-state index contributed by atoms with van der Waals surface area (Å²) in [5.41, 5.74) is 1.21. The number of ether oxygens (including phenoxy) is 2. The number of para-hydroxylation sites is 1. The van der Waals surface area contributed by atoms with E-state index < -0.39 is 0 Å². The van der Waals surface area contributed by atoms with Crippen molar-refractivity contribution in [1.29, 1.82) is 0 Å². The van der Waals surface area contributed by atoms with E-state index in [0.717, 1.165) is 69.6 Å². The third kappa shape index (κ3) is 5.12. The third-order valence-electron chi connectivity index (χ3n) is 5.60. The van der Waals surface area contributed by atoms with E-state index in [-0.39, 0.29) is 6.04 Å². The molecule has 0 bridgehead atoms. The Balaban J connectivity index is 1.46. The van der Waals surface area contributed by atoms with Gasteiger partial charge in [-0.3, -0.25) is 4.99 Å². The molecule has 2 aliphatic rings. The molecule has 4 rings (SSSR count). The van der Waals surface area contributed by atoms with E-state index in [2.05, 4.69) is 29.3 Å². The molecule has 2 aliphatic heterocycles. The third-order valence-corrected chi connectivity index (χ3v) is 5.60. The van der Waals surface area contributed by atoms with Crippen LogP contribution in [0.5, 0.6) is 5.75 Å². The van der Waals surface area contributed by atoms with Crippen molar-refractivity contribution in [2.75, 3.05) is 39.5 Å². The molecule has 2 unspecified atom stereocenters. The minimum Gasteiger partial charge on any atom is -0.493 e. The molecule has 0 amide bonds. The predicted octanol–water partition coefficient (Wildman–Crippen LogP) is 3.65. The molecule has 2 aromatic rings. The molecule has 1 aromatic carbocycles. The number of aliphatic imine (C=N–C) groups is 1. The zero-order valence-electron chi connectivity index (χ0n) is 17.2. The van der Waals surface area contributed by atoms with Crippen molar-refractivity contribution in [2.24, 2.45) is 10.9 Å². The Bertz CT molecular complexity index is 790. The van der Waals surface area contributed by atoms with Crippen LogP contribution in [0.4, 0.5) is 0 Å². The number of hydrogen-bond donors (Lipinski definition) is 1. The fraction of sp³-hybridized carbons (Fsp3) is 0.522. The standard InChI is InChI=1S/C23H31N3O3/c1-2-27-17-18-10-13-26(16-18)23(24-12-9-19-6-5-14-28-19)25-21-11-15-29-22-8-4-3-7-20(21)22/h3-8,14,18,21H,2,9-13,15-17H2,1H3,(H,24,25). The smallest absolute Gasteiger partial charge is 0.194 e. The number of guanidine groups is 1. The van der Waals surface area contributed by atoms with Crippen molar-refractivity contribution in [3.63, 3.8) is 0 Å². The number of nitrogens with zero attached hydrogens (tertiary/aromatic N) is 2. The van der Waals surface area contributed by atoms with Gasteiger partial charge in [-0.1, -0.05) is 18.2 Å². The maximum atomic E-state index is 5.83. The van der Waals surface area contributed by atoms with Crippen LogP contribution < -0.4 is 10.1 Å². The van der Waals surface area contributed by atoms with Crippen LogP contribution in [-0.2, 0) is 11.2 Å². The van der Waals surface area contributed by atoms with Crippen molar-refractivity contribution in [3.05, 3.63) is 54.0 Å². The van der Waals surface area contributed by atoms with E-state index in [9.17, 15) is 0 Å². The first-order chi connectivity index (χ1) is 14.3. The van der Waals surface area contributed by atoms with Crippen LogP contribution in [0.2, 0.25) is 0 Å². The summed E-state index contributed by atoms with van der Waals surface area (Å²) in [5, 5.41) is 3.74. The van der Waals surface area contributed by atoms with Gasteiger partial charge in [0.15, 0.2) is 5.96 Å². The van der Waals surface area contributed by atoms with Gasteiger partial charge < -0.3 is 24.1 Å². The van der Waals surface area contributed by atoms with Crippen LogP contribution in [0.25, 0.3) is 0 Å². The van der Waals surface area contributed by atoms with Crippen molar-refractivity contribution < 1.29 is 13.9 Å². The molecular formula is C23H31N3O3. The van der Waals surface area contributed by atoms with Gasteiger partial charge in [-0.15, -0.1) is 0 Å². The van der Waals surface area contributed by atoms with Crippen LogP contribution in [0, 0.1) is 5.92 Å². The molecule has 1 aromatic heterocycles. The Hall–Kier alpha value is -2.47. The molecule has 1 N–H and O–H groups in total. The van der Waals surface area contributed by atoms with Crippen LogP contribution in [0.3, 0.4) is 0 Å². The van der Waals surface area contributed by atoms with Gasteiger partial charge >= 0.3 is 0 Å². The van der Waals surface area contributed by atoms with Gasteiger partial charge in [-0.2, -0.15) is 0 Å². The van der Waals surface area contributed by atoms with Crippen molar-refractivity contribution >= 4 is 5.96 Å². The Labute approximate surface area is 172 Å². The first kappa shape index (κ1) is 19.8. The molecule has 6 heteroatoms. The first-order valence-corrected chi connectivity index (χ1v) is 10.7. The molecule has 6 nitrogen and oxygen atoms in total. The normalized spacial score (nSPS) is 21.7. The number of fused-ring (bicyclic) bond motifs is 1. The number of benzene rings is 1. The van der Waals surface area contributed by atoms with E-state index in [4.69, 9.17) is 18.9 Å². The number of nitrogens with one attached hydrogen (secondary N) is 1. The highest BCUT2D eigenvalue weighted by molar-refractivity contribution is 5.81. The summed E-state index contributed by atoms with van der Waals surface area (Å²) in [6, 6.07) is 12.4. The van der Waals surface area contributed by atoms with Gasteiger partial charge in [-0.25, -0.2) is 0 Å². The Kier molecular flexibility index (Phi) is 6.72. The fourth-order valence-electron chi connectivity index (χ4n) is 4.06. The number of likely N-dealkylation sites (tertiary alicyclic amines) is 1. The Morgan fingerprint density at radius 2 is 2.17 bits per heavy atom. The topological polar surface area (TPSA) is 59.2 Å². The number of rotatable bonds is 7. The summed E-state index contributed by atoms with van der Waals surface area (Å²) in [7, 11) is 0. The highest BCUT2D eigenvalue weighted by Crippen LogP contribution is 2.32. The lowest BCUT2D eigenvalue weighted by Gasteiger charge is -2.31. The van der Waals surface area contributed by atoms with Crippen LogP contribution in [0.15, 0.2) is 52.1 Å². The summed E-state index contributed by atoms with van der Waals surface area (Å²) in [6.07, 6.45) is 4.60. The Morgan fingerprint density at radius 3 is 3.03 bits per heavy atom. The van der Waals surface area contributed by atoms with Gasteiger partial charge in [0.05, 0.1) is 25.5 Å². The number of hydrogen-bond acceptors (Lipinski definition) is 4. The fourth-order valence-corrected chi connectivity index (χ4v) is 4.06. The maximum absolute atomic E-state index is 5.83. The highest BCUT2D eigenvalue weighted by atomic mass is 16.5. The molecule has 1 fully saturated rings. The maximum Gasteiger partial charge on any atom is 0.194 e. The van der Waals surface area contributed by atoms with Crippen molar-refractivity contribution in [3.8, 4) is 5.75 Å². The summed E-state index contributed by atoms with van der Waals surface area (Å²) in [4.78, 5) is 7.33. The highest BCUT2D eigenvalue weighted by Gasteiger charge is 2.28. The summed E-state index contributed by atoms with van der Waals surface area (Å²) >= 11 is 0. The zero-order valence-corrected chi connectivity index (χ0v) is 17.2. The second-order valence-corrected chi connectivity index (χ2v) is 7.67. The van der Waals surface area contributed by atoms with E-state index in [1.807, 2.05) is 24.3 Å². The van der Waals surface area contributed by atoms with Crippen LogP contribution in [-0.4, -0.2) is 50.3 Å². The molecule has 0 aliphatic carbocycles. The predicted molar refractivity (Wildman–Crippen MR) is 113 cm³/mol. The minimum atomic E-state index is 0.216. The van der Waals surface area contributed by atoms with Gasteiger partial charge in [-0.05, 0) is 31.5 Å². The Morgan fingerprint density at radius 1 is 1.24 bits per heavy atom. The SMILES string of the molecule is CCOCC1CCN(C(=NCCc2ccco2)NC2CCOc3ccccc32)C1.